The number of amides is 2. The number of benzene rings is 3. The average molecular weight is 545 g/mol. The van der Waals surface area contributed by atoms with Crippen LogP contribution in [0, 0.1) is 0 Å². The van der Waals surface area contributed by atoms with Crippen LogP contribution in [0.1, 0.15) is 20.8 Å². The summed E-state index contributed by atoms with van der Waals surface area (Å²) in [7, 11) is 1.60. The third-order valence-corrected chi connectivity index (χ3v) is 6.98. The maximum absolute atomic E-state index is 13.2. The highest BCUT2D eigenvalue weighted by atomic mass is 79.9. The van der Waals surface area contributed by atoms with Crippen LogP contribution in [-0.4, -0.2) is 55.0 Å². The minimum atomic E-state index is -0.165. The number of anilines is 2. The third kappa shape index (κ3) is 4.90. The highest BCUT2D eigenvalue weighted by molar-refractivity contribution is 9.10. The van der Waals surface area contributed by atoms with Crippen molar-refractivity contribution in [3.63, 3.8) is 0 Å². The van der Waals surface area contributed by atoms with Gasteiger partial charge in [0, 0.05) is 53.5 Å². The first kappa shape index (κ1) is 23.8. The molecule has 0 atom stereocenters. The van der Waals surface area contributed by atoms with Gasteiger partial charge in [0.25, 0.3) is 11.8 Å². The Balaban J connectivity index is 1.22. The number of methoxy groups -OCH3 is 1. The number of pyridine rings is 1. The molecule has 2 heterocycles. The van der Waals surface area contributed by atoms with Crippen LogP contribution in [0.25, 0.3) is 10.9 Å². The smallest absolute Gasteiger partial charge is 0.272 e. The summed E-state index contributed by atoms with van der Waals surface area (Å²) >= 11 is 3.42. The molecule has 0 bridgehead atoms. The first-order valence-electron chi connectivity index (χ1n) is 11.7. The average Bonchev–Trinajstić information content (AvgIpc) is 2.92. The van der Waals surface area contributed by atoms with Gasteiger partial charge in [0.15, 0.2) is 0 Å². The molecule has 2 amide bonds. The number of carbonyl (C=O) groups is 2. The van der Waals surface area contributed by atoms with Crippen molar-refractivity contribution in [3.8, 4) is 5.75 Å². The Labute approximate surface area is 217 Å². The van der Waals surface area contributed by atoms with Crippen LogP contribution in [0.5, 0.6) is 5.75 Å². The van der Waals surface area contributed by atoms with Crippen LogP contribution < -0.4 is 15.0 Å². The number of nitrogens with zero attached hydrogens (tertiary/aromatic N) is 3. The summed E-state index contributed by atoms with van der Waals surface area (Å²) in [5.74, 6) is 0.388. The fraction of sp³-hybridized carbons (Fsp3) is 0.179. The van der Waals surface area contributed by atoms with Crippen LogP contribution in [0.3, 0.4) is 0 Å². The number of piperazine rings is 1. The molecule has 1 aromatic heterocycles. The van der Waals surface area contributed by atoms with Crippen molar-refractivity contribution in [3.05, 3.63) is 94.6 Å². The molecule has 1 fully saturated rings. The van der Waals surface area contributed by atoms with Gasteiger partial charge < -0.3 is 19.9 Å². The van der Waals surface area contributed by atoms with E-state index in [1.54, 1.807) is 19.2 Å². The minimum Gasteiger partial charge on any atom is -0.496 e. The fourth-order valence-corrected chi connectivity index (χ4v) is 4.82. The fourth-order valence-electron chi connectivity index (χ4n) is 4.35. The minimum absolute atomic E-state index is 0.0937. The summed E-state index contributed by atoms with van der Waals surface area (Å²) in [6, 6.07) is 24.5. The van der Waals surface area contributed by atoms with E-state index in [1.807, 2.05) is 71.6 Å². The lowest BCUT2D eigenvalue weighted by molar-refractivity contribution is 0.0740. The van der Waals surface area contributed by atoms with Crippen molar-refractivity contribution in [1.82, 2.24) is 9.88 Å². The van der Waals surface area contributed by atoms with Gasteiger partial charge in [0.2, 0.25) is 0 Å². The van der Waals surface area contributed by atoms with Crippen LogP contribution >= 0.6 is 15.9 Å². The Kier molecular flexibility index (Phi) is 6.86. The van der Waals surface area contributed by atoms with Gasteiger partial charge in [-0.3, -0.25) is 9.59 Å². The van der Waals surface area contributed by atoms with E-state index in [4.69, 9.17) is 4.74 Å². The lowest BCUT2D eigenvalue weighted by Crippen LogP contribution is -2.49. The summed E-state index contributed by atoms with van der Waals surface area (Å²) in [6.45, 7) is 2.60. The number of hydrogen-bond acceptors (Lipinski definition) is 5. The van der Waals surface area contributed by atoms with Gasteiger partial charge in [-0.25, -0.2) is 4.98 Å². The van der Waals surface area contributed by atoms with Crippen LogP contribution in [0.2, 0.25) is 0 Å². The molecule has 5 rings (SSSR count). The number of aromatic nitrogens is 1. The number of ether oxygens (including phenoxy) is 1. The second kappa shape index (κ2) is 10.4. The van der Waals surface area contributed by atoms with Gasteiger partial charge in [-0.15, -0.1) is 0 Å². The third-order valence-electron chi connectivity index (χ3n) is 6.29. The molecule has 3 aromatic carbocycles. The molecule has 8 heteroatoms. The normalized spacial score (nSPS) is 13.5. The number of carbonyl (C=O) groups excluding carboxylic acids is 2. The zero-order valence-corrected chi connectivity index (χ0v) is 21.4. The Morgan fingerprint density at radius 3 is 2.33 bits per heavy atom. The molecule has 0 saturated carbocycles. The van der Waals surface area contributed by atoms with E-state index in [9.17, 15) is 9.59 Å². The molecule has 1 N–H and O–H groups in total. The van der Waals surface area contributed by atoms with E-state index in [0.29, 0.717) is 43.2 Å². The summed E-state index contributed by atoms with van der Waals surface area (Å²) in [5.41, 5.74) is 3.49. The molecular weight excluding hydrogens is 520 g/mol. The maximum atomic E-state index is 13.2. The SMILES string of the molecule is COc1cc(C(=O)N2CCN(c3ccc(NC(=O)c4ccccc4Br)cc3)CC2)nc2ccccc12. The largest absolute Gasteiger partial charge is 0.496 e. The molecular formula is C28H25BrN4O3. The molecule has 0 spiro atoms. The second-order valence-electron chi connectivity index (χ2n) is 8.49. The molecule has 1 saturated heterocycles. The molecule has 36 heavy (non-hydrogen) atoms. The second-order valence-corrected chi connectivity index (χ2v) is 9.34. The Bertz CT molecular complexity index is 1420. The topological polar surface area (TPSA) is 74.8 Å². The number of hydrogen-bond donors (Lipinski definition) is 1. The molecule has 4 aromatic rings. The van der Waals surface area contributed by atoms with E-state index in [1.165, 1.54) is 0 Å². The predicted octanol–water partition coefficient (Wildman–Crippen LogP) is 5.22. The molecule has 182 valence electrons. The van der Waals surface area contributed by atoms with Gasteiger partial charge >= 0.3 is 0 Å². The van der Waals surface area contributed by atoms with E-state index in [2.05, 4.69) is 31.1 Å². The van der Waals surface area contributed by atoms with Gasteiger partial charge in [-0.05, 0) is 64.5 Å². The number of rotatable bonds is 5. The van der Waals surface area contributed by atoms with Crippen molar-refractivity contribution in [2.24, 2.45) is 0 Å². The van der Waals surface area contributed by atoms with Crippen molar-refractivity contribution in [2.45, 2.75) is 0 Å². The van der Waals surface area contributed by atoms with Crippen molar-refractivity contribution in [2.75, 3.05) is 43.5 Å². The molecule has 0 aliphatic carbocycles. The zero-order chi connectivity index (χ0) is 25.1. The Hall–Kier alpha value is -3.91. The lowest BCUT2D eigenvalue weighted by Gasteiger charge is -2.36. The summed E-state index contributed by atoms with van der Waals surface area (Å²) in [5, 5.41) is 3.82. The van der Waals surface area contributed by atoms with Crippen LogP contribution in [-0.2, 0) is 0 Å². The van der Waals surface area contributed by atoms with Crippen LogP contribution in [0.15, 0.2) is 83.3 Å². The molecule has 1 aliphatic heterocycles. The summed E-state index contributed by atoms with van der Waals surface area (Å²) < 4.78 is 6.25. The Morgan fingerprint density at radius 1 is 0.917 bits per heavy atom. The number of nitrogens with one attached hydrogen (secondary N) is 1. The van der Waals surface area contributed by atoms with Gasteiger partial charge in [-0.2, -0.15) is 0 Å². The summed E-state index contributed by atoms with van der Waals surface area (Å²) in [4.78, 5) is 34.4. The van der Waals surface area contributed by atoms with Crippen molar-refractivity contribution in [1.29, 1.82) is 0 Å². The van der Waals surface area contributed by atoms with E-state index in [-0.39, 0.29) is 11.8 Å². The molecule has 1 aliphatic rings. The highest BCUT2D eigenvalue weighted by Crippen LogP contribution is 2.26. The first-order valence-corrected chi connectivity index (χ1v) is 12.5. The lowest BCUT2D eigenvalue weighted by atomic mass is 10.1. The van der Waals surface area contributed by atoms with Gasteiger partial charge in [-0.1, -0.05) is 24.3 Å². The van der Waals surface area contributed by atoms with Gasteiger partial charge in [0.05, 0.1) is 18.2 Å². The quantitative estimate of drug-likeness (QED) is 0.372. The Morgan fingerprint density at radius 2 is 1.61 bits per heavy atom. The van der Waals surface area contributed by atoms with Crippen molar-refractivity contribution < 1.29 is 14.3 Å². The van der Waals surface area contributed by atoms with E-state index in [0.717, 1.165) is 26.8 Å². The van der Waals surface area contributed by atoms with E-state index < -0.39 is 0 Å². The predicted molar refractivity (Wildman–Crippen MR) is 145 cm³/mol. The van der Waals surface area contributed by atoms with Gasteiger partial charge in [0.1, 0.15) is 11.4 Å². The highest BCUT2D eigenvalue weighted by Gasteiger charge is 2.24. The molecule has 7 nitrogen and oxygen atoms in total. The number of para-hydroxylation sites is 1. The standard InChI is InChI=1S/C28H25BrN4O3/c1-36-26-18-25(31-24-9-5-3-7-22(24)26)28(35)33-16-14-32(15-17-33)20-12-10-19(11-13-20)30-27(34)21-6-2-4-8-23(21)29/h2-13,18H,14-17H2,1H3,(H,30,34). The molecule has 0 radical (unpaired) electrons. The summed E-state index contributed by atoms with van der Waals surface area (Å²) in [6.07, 6.45) is 0. The number of fused-ring (bicyclic) bond motifs is 1. The zero-order valence-electron chi connectivity index (χ0n) is 19.8. The van der Waals surface area contributed by atoms with Crippen LogP contribution in [0.4, 0.5) is 11.4 Å². The van der Waals surface area contributed by atoms with E-state index >= 15 is 0 Å². The number of halogens is 1. The molecule has 0 unspecified atom stereocenters. The first-order chi connectivity index (χ1) is 17.5. The maximum Gasteiger partial charge on any atom is 0.272 e. The van der Waals surface area contributed by atoms with Crippen molar-refractivity contribution >= 4 is 50.0 Å². The monoisotopic (exact) mass is 544 g/mol.